The highest BCUT2D eigenvalue weighted by atomic mass is 32.2. The summed E-state index contributed by atoms with van der Waals surface area (Å²) in [6.07, 6.45) is 0. The van der Waals surface area contributed by atoms with Crippen LogP contribution in [0.25, 0.3) is 22.3 Å². The van der Waals surface area contributed by atoms with Crippen molar-refractivity contribution in [2.45, 2.75) is 5.31 Å². The van der Waals surface area contributed by atoms with E-state index in [9.17, 15) is 9.90 Å². The molecule has 0 aliphatic heterocycles. The van der Waals surface area contributed by atoms with Gasteiger partial charge in [-0.15, -0.1) is 0 Å². The molecule has 124 valence electrons. The molecule has 3 rings (SSSR count). The minimum atomic E-state index is -2.32. The van der Waals surface area contributed by atoms with E-state index in [1.165, 1.54) is 12.1 Å². The van der Waals surface area contributed by atoms with E-state index in [1.807, 2.05) is 30.3 Å². The zero-order valence-electron chi connectivity index (χ0n) is 12.6. The molecule has 0 radical (unpaired) electrons. The fraction of sp³-hybridized carbons (Fsp3) is 0.118. The number of methoxy groups -OCH3 is 1. The summed E-state index contributed by atoms with van der Waals surface area (Å²) in [6.45, 7) is 0. The van der Waals surface area contributed by atoms with Gasteiger partial charge < -0.3 is 23.6 Å². The molecule has 7 heteroatoms. The highest BCUT2D eigenvalue weighted by molar-refractivity contribution is 7.94. The van der Waals surface area contributed by atoms with Gasteiger partial charge in [0.1, 0.15) is 34.5 Å². The third-order valence-corrected chi connectivity index (χ3v) is 3.87. The molecule has 1 unspecified atom stereocenters. The predicted molar refractivity (Wildman–Crippen MR) is 90.7 cm³/mol. The molecule has 2 aromatic carbocycles. The Labute approximate surface area is 141 Å². The molecule has 0 spiro atoms. The lowest BCUT2D eigenvalue weighted by atomic mass is 10.1. The maximum absolute atomic E-state index is 12.5. The molecular formula is C17H14O6S. The fourth-order valence-corrected chi connectivity index (χ4v) is 2.45. The molecule has 2 N–H and O–H groups in total. The number of rotatable bonds is 5. The average Bonchev–Trinajstić information content (AvgIpc) is 2.62. The average molecular weight is 346 g/mol. The minimum Gasteiger partial charge on any atom is -0.456 e. The van der Waals surface area contributed by atoms with Gasteiger partial charge in [-0.3, -0.25) is 4.79 Å². The summed E-state index contributed by atoms with van der Waals surface area (Å²) in [5.41, 5.74) is 0.717. The molecule has 0 saturated heterocycles. The van der Waals surface area contributed by atoms with E-state index in [-0.39, 0.29) is 28.6 Å². The molecule has 24 heavy (non-hydrogen) atoms. The van der Waals surface area contributed by atoms with Crippen molar-refractivity contribution < 1.29 is 23.6 Å². The molecular weight excluding hydrogens is 332 g/mol. The van der Waals surface area contributed by atoms with E-state index in [0.29, 0.717) is 11.3 Å². The Morgan fingerprint density at radius 1 is 1.12 bits per heavy atom. The first kappa shape index (κ1) is 16.5. The first-order valence-corrected chi connectivity index (χ1v) is 7.75. The second-order valence-electron chi connectivity index (χ2n) is 4.89. The summed E-state index contributed by atoms with van der Waals surface area (Å²) in [6, 6.07) is 15.3. The standard InChI is InChI=1S/C17H14O6S/c1-21-17(19,24-20)23-14-9-5-8-13-16(14)12(18)10-15(22-13)11-6-3-2-4-7-11/h2-10,19-20H,1H3. The van der Waals surface area contributed by atoms with Crippen LogP contribution in [0.4, 0.5) is 0 Å². The van der Waals surface area contributed by atoms with Crippen molar-refractivity contribution in [3.05, 3.63) is 64.8 Å². The topological polar surface area (TPSA) is 89.1 Å². The number of aliphatic hydroxyl groups is 1. The van der Waals surface area contributed by atoms with Gasteiger partial charge in [-0.05, 0) is 12.1 Å². The molecule has 0 aliphatic carbocycles. The van der Waals surface area contributed by atoms with Crippen LogP contribution in [0.2, 0.25) is 0 Å². The van der Waals surface area contributed by atoms with Crippen molar-refractivity contribution in [2.75, 3.05) is 7.11 Å². The largest absolute Gasteiger partial charge is 0.456 e. The van der Waals surface area contributed by atoms with Gasteiger partial charge in [0.05, 0.1) is 0 Å². The van der Waals surface area contributed by atoms with Crippen molar-refractivity contribution in [1.29, 1.82) is 0 Å². The Balaban J connectivity index is 2.13. The highest BCUT2D eigenvalue weighted by Crippen LogP contribution is 2.31. The third-order valence-electron chi connectivity index (χ3n) is 3.39. The number of hydrogen-bond acceptors (Lipinski definition) is 7. The Hall–Kier alpha value is -2.32. The van der Waals surface area contributed by atoms with Gasteiger partial charge >= 0.3 is 5.31 Å². The van der Waals surface area contributed by atoms with Crippen LogP contribution in [-0.2, 0) is 4.74 Å². The van der Waals surface area contributed by atoms with E-state index in [0.717, 1.165) is 12.7 Å². The minimum absolute atomic E-state index is 0.0340. The van der Waals surface area contributed by atoms with Crippen molar-refractivity contribution >= 4 is 23.0 Å². The van der Waals surface area contributed by atoms with Crippen molar-refractivity contribution in [3.8, 4) is 17.1 Å². The first-order chi connectivity index (χ1) is 11.6. The van der Waals surface area contributed by atoms with E-state index in [4.69, 9.17) is 13.7 Å². The smallest absolute Gasteiger partial charge is 0.405 e. The van der Waals surface area contributed by atoms with Gasteiger partial charge in [0.15, 0.2) is 5.43 Å². The Bertz CT molecular complexity index is 902. The monoisotopic (exact) mass is 346 g/mol. The molecule has 6 nitrogen and oxygen atoms in total. The van der Waals surface area contributed by atoms with E-state index in [1.54, 1.807) is 12.1 Å². The van der Waals surface area contributed by atoms with Crippen molar-refractivity contribution in [3.63, 3.8) is 0 Å². The van der Waals surface area contributed by atoms with E-state index in [2.05, 4.69) is 4.74 Å². The van der Waals surface area contributed by atoms with Crippen LogP contribution in [0.15, 0.2) is 63.8 Å². The second kappa shape index (κ2) is 6.66. The lowest BCUT2D eigenvalue weighted by Gasteiger charge is -2.23. The van der Waals surface area contributed by atoms with E-state index >= 15 is 0 Å². The van der Waals surface area contributed by atoms with Crippen LogP contribution in [0, 0.1) is 0 Å². The van der Waals surface area contributed by atoms with Gasteiger partial charge in [0.25, 0.3) is 0 Å². The van der Waals surface area contributed by atoms with Crippen molar-refractivity contribution in [2.24, 2.45) is 0 Å². The highest BCUT2D eigenvalue weighted by Gasteiger charge is 2.31. The number of hydrogen-bond donors (Lipinski definition) is 2. The zero-order chi connectivity index (χ0) is 17.2. The maximum Gasteiger partial charge on any atom is 0.405 e. The molecule has 0 fully saturated rings. The molecule has 0 amide bonds. The molecule has 3 aromatic rings. The molecule has 0 aliphatic rings. The fourth-order valence-electron chi connectivity index (χ4n) is 2.24. The summed E-state index contributed by atoms with van der Waals surface area (Å²) in [5.74, 6) is 0.454. The predicted octanol–water partition coefficient (Wildman–Crippen LogP) is 3.30. The third kappa shape index (κ3) is 3.15. The number of ether oxygens (including phenoxy) is 2. The van der Waals surface area contributed by atoms with Crippen molar-refractivity contribution in [1.82, 2.24) is 0 Å². The van der Waals surface area contributed by atoms with E-state index < -0.39 is 5.31 Å². The van der Waals surface area contributed by atoms with Gasteiger partial charge in [0.2, 0.25) is 0 Å². The van der Waals surface area contributed by atoms with Gasteiger partial charge in [-0.25, -0.2) is 0 Å². The van der Waals surface area contributed by atoms with Crippen LogP contribution < -0.4 is 10.2 Å². The Kier molecular flexibility index (Phi) is 4.59. The van der Waals surface area contributed by atoms with Crippen LogP contribution in [0.3, 0.4) is 0 Å². The molecule has 0 bridgehead atoms. The summed E-state index contributed by atoms with van der Waals surface area (Å²) < 4.78 is 24.8. The molecule has 0 saturated carbocycles. The van der Waals surface area contributed by atoms with Crippen LogP contribution in [0.5, 0.6) is 5.75 Å². The molecule has 1 heterocycles. The zero-order valence-corrected chi connectivity index (χ0v) is 13.4. The summed E-state index contributed by atoms with van der Waals surface area (Å²) in [4.78, 5) is 12.5. The number of benzene rings is 2. The lowest BCUT2D eigenvalue weighted by Crippen LogP contribution is -2.34. The normalized spacial score (nSPS) is 13.6. The Morgan fingerprint density at radius 3 is 2.54 bits per heavy atom. The second-order valence-corrected chi connectivity index (χ2v) is 5.59. The van der Waals surface area contributed by atoms with Crippen LogP contribution in [-0.4, -0.2) is 22.1 Å². The molecule has 1 aromatic heterocycles. The van der Waals surface area contributed by atoms with Gasteiger partial charge in [0, 0.05) is 18.7 Å². The van der Waals surface area contributed by atoms with Gasteiger partial charge in [-0.1, -0.05) is 36.4 Å². The summed E-state index contributed by atoms with van der Waals surface area (Å²) in [7, 11) is 1.16. The molecule has 1 atom stereocenters. The number of fused-ring (bicyclic) bond motifs is 1. The van der Waals surface area contributed by atoms with Crippen LogP contribution >= 0.6 is 12.0 Å². The van der Waals surface area contributed by atoms with Crippen LogP contribution in [0.1, 0.15) is 0 Å². The maximum atomic E-state index is 12.5. The summed E-state index contributed by atoms with van der Waals surface area (Å²) >= 11 is -0.0400. The quantitative estimate of drug-likeness (QED) is 0.541. The summed E-state index contributed by atoms with van der Waals surface area (Å²) in [5, 5.41) is 7.72. The lowest BCUT2D eigenvalue weighted by molar-refractivity contribution is -0.236. The Morgan fingerprint density at radius 2 is 1.88 bits per heavy atom. The SMILES string of the molecule is COC(O)(Oc1cccc2oc(-c3ccccc3)cc(=O)c12)SO. The van der Waals surface area contributed by atoms with Gasteiger partial charge in [-0.2, -0.15) is 0 Å². The first-order valence-electron chi connectivity index (χ1n) is 6.98.